The maximum absolute atomic E-state index is 14.1. The van der Waals surface area contributed by atoms with Crippen LogP contribution in [0.3, 0.4) is 0 Å². The fraction of sp³-hybridized carbons (Fsp3) is 0.667. The van der Waals surface area contributed by atoms with Gasteiger partial charge in [0.25, 0.3) is 0 Å². The number of aliphatic hydroxyl groups is 2. The molecule has 3 N–H and O–H groups in total. The van der Waals surface area contributed by atoms with Crippen LogP contribution in [0.1, 0.15) is 39.3 Å². The first-order chi connectivity index (χ1) is 11.8. The Labute approximate surface area is 143 Å². The summed E-state index contributed by atoms with van der Waals surface area (Å²) in [5.41, 5.74) is -0.951. The lowest BCUT2D eigenvalue weighted by Crippen LogP contribution is -2.36. The van der Waals surface area contributed by atoms with Gasteiger partial charge in [-0.1, -0.05) is 19.8 Å². The maximum Gasteiger partial charge on any atom is 0.412 e. The number of aromatic nitrogens is 2. The second-order valence-electron chi connectivity index (χ2n) is 5.81. The van der Waals surface area contributed by atoms with Gasteiger partial charge in [-0.25, -0.2) is 14.0 Å². The van der Waals surface area contributed by atoms with Crippen LogP contribution in [0.5, 0.6) is 0 Å². The van der Waals surface area contributed by atoms with Crippen molar-refractivity contribution in [3.8, 4) is 0 Å². The number of anilines is 1. The fourth-order valence-corrected chi connectivity index (χ4v) is 2.42. The molecule has 4 atom stereocenters. The van der Waals surface area contributed by atoms with E-state index in [4.69, 9.17) is 9.47 Å². The van der Waals surface area contributed by atoms with Gasteiger partial charge < -0.3 is 19.7 Å². The topological polar surface area (TPSA) is 123 Å². The van der Waals surface area contributed by atoms with Gasteiger partial charge in [-0.05, 0) is 13.3 Å². The molecule has 2 rings (SSSR count). The summed E-state index contributed by atoms with van der Waals surface area (Å²) >= 11 is 0. The van der Waals surface area contributed by atoms with E-state index in [-0.39, 0.29) is 6.61 Å². The predicted octanol–water partition coefficient (Wildman–Crippen LogP) is 0.760. The van der Waals surface area contributed by atoms with Crippen molar-refractivity contribution < 1.29 is 28.9 Å². The van der Waals surface area contributed by atoms with Gasteiger partial charge in [-0.3, -0.25) is 9.88 Å². The normalized spacial score (nSPS) is 25.8. The molecule has 1 fully saturated rings. The number of amides is 1. The number of hydrogen-bond donors (Lipinski definition) is 3. The first kappa shape index (κ1) is 19.3. The average molecular weight is 359 g/mol. The number of carbonyl (C=O) groups is 1. The molecule has 1 aliphatic heterocycles. The van der Waals surface area contributed by atoms with Crippen molar-refractivity contribution in [3.05, 3.63) is 22.5 Å². The van der Waals surface area contributed by atoms with Crippen molar-refractivity contribution in [2.75, 3.05) is 11.9 Å². The number of unbranched alkanes of at least 4 members (excludes halogenated alkanes) is 2. The van der Waals surface area contributed by atoms with Gasteiger partial charge >= 0.3 is 11.8 Å². The number of hydrogen-bond acceptors (Lipinski definition) is 7. The Morgan fingerprint density at radius 1 is 1.44 bits per heavy atom. The molecule has 140 valence electrons. The van der Waals surface area contributed by atoms with E-state index in [1.165, 1.54) is 6.92 Å². The van der Waals surface area contributed by atoms with Crippen LogP contribution in [-0.4, -0.2) is 50.8 Å². The molecule has 25 heavy (non-hydrogen) atoms. The van der Waals surface area contributed by atoms with Crippen molar-refractivity contribution in [3.63, 3.8) is 0 Å². The molecule has 0 aromatic carbocycles. The van der Waals surface area contributed by atoms with Crippen LogP contribution in [0.4, 0.5) is 15.0 Å². The van der Waals surface area contributed by atoms with Crippen molar-refractivity contribution >= 4 is 11.9 Å². The lowest BCUT2D eigenvalue weighted by molar-refractivity contribution is -0.0355. The maximum atomic E-state index is 14.1. The first-order valence-corrected chi connectivity index (χ1v) is 8.09. The van der Waals surface area contributed by atoms with Gasteiger partial charge in [0.05, 0.1) is 18.9 Å². The highest BCUT2D eigenvalue weighted by Gasteiger charge is 2.42. The van der Waals surface area contributed by atoms with Gasteiger partial charge in [0.2, 0.25) is 0 Å². The molecule has 1 aromatic rings. The molecule has 9 nitrogen and oxygen atoms in total. The van der Waals surface area contributed by atoms with E-state index in [1.54, 1.807) is 0 Å². The number of nitrogens with zero attached hydrogens (tertiary/aromatic N) is 2. The lowest BCUT2D eigenvalue weighted by Gasteiger charge is -2.17. The highest BCUT2D eigenvalue weighted by Crippen LogP contribution is 2.28. The Bertz CT molecular complexity index is 667. The predicted molar refractivity (Wildman–Crippen MR) is 84.5 cm³/mol. The zero-order chi connectivity index (χ0) is 18.6. The molecule has 0 radical (unpaired) electrons. The Kier molecular flexibility index (Phi) is 6.45. The summed E-state index contributed by atoms with van der Waals surface area (Å²) in [6.45, 7) is 3.68. The van der Waals surface area contributed by atoms with E-state index in [1.807, 2.05) is 6.92 Å². The van der Waals surface area contributed by atoms with Gasteiger partial charge in [-0.2, -0.15) is 4.98 Å². The molecule has 2 heterocycles. The van der Waals surface area contributed by atoms with E-state index in [2.05, 4.69) is 10.3 Å². The van der Waals surface area contributed by atoms with E-state index < -0.39 is 48.0 Å². The molecular weight excluding hydrogens is 337 g/mol. The quantitative estimate of drug-likeness (QED) is 0.641. The van der Waals surface area contributed by atoms with Crippen molar-refractivity contribution in [1.82, 2.24) is 9.55 Å². The molecule has 2 unspecified atom stereocenters. The minimum absolute atomic E-state index is 0.177. The number of aliphatic hydroxyl groups excluding tert-OH is 2. The highest BCUT2D eigenvalue weighted by atomic mass is 19.1. The van der Waals surface area contributed by atoms with Gasteiger partial charge in [-0.15, -0.1) is 0 Å². The highest BCUT2D eigenvalue weighted by molar-refractivity contribution is 5.83. The molecule has 0 bridgehead atoms. The fourth-order valence-electron chi connectivity index (χ4n) is 2.42. The third kappa shape index (κ3) is 4.53. The molecular formula is C15H22FN3O6. The molecule has 1 aromatic heterocycles. The molecule has 0 aliphatic carbocycles. The second-order valence-corrected chi connectivity index (χ2v) is 5.81. The number of halogens is 1. The molecule has 10 heteroatoms. The number of ether oxygens (including phenoxy) is 2. The summed E-state index contributed by atoms with van der Waals surface area (Å²) in [6, 6.07) is 0. The SMILES string of the molecule is CCCCCOC(=O)Nc1nc(=O)n([C@@H]2O[C@H](C)C(O)C2O)cc1F. The summed E-state index contributed by atoms with van der Waals surface area (Å²) in [7, 11) is 0. The van der Waals surface area contributed by atoms with Crippen LogP contribution in [0, 0.1) is 5.82 Å². The molecule has 1 saturated heterocycles. The summed E-state index contributed by atoms with van der Waals surface area (Å²) in [4.78, 5) is 27.0. The molecule has 0 spiro atoms. The third-order valence-electron chi connectivity index (χ3n) is 3.86. The number of carbonyl (C=O) groups excluding carboxylic acids is 1. The Morgan fingerprint density at radius 2 is 2.16 bits per heavy atom. The second kappa shape index (κ2) is 8.37. The van der Waals surface area contributed by atoms with Crippen LogP contribution in [0.25, 0.3) is 0 Å². The molecule has 0 saturated carbocycles. The van der Waals surface area contributed by atoms with Crippen LogP contribution in [-0.2, 0) is 9.47 Å². The van der Waals surface area contributed by atoms with E-state index in [0.717, 1.165) is 23.6 Å². The molecule has 1 amide bonds. The monoisotopic (exact) mass is 359 g/mol. The largest absolute Gasteiger partial charge is 0.449 e. The van der Waals surface area contributed by atoms with Crippen molar-refractivity contribution in [2.45, 2.75) is 57.6 Å². The summed E-state index contributed by atoms with van der Waals surface area (Å²) in [5.74, 6) is -1.59. The van der Waals surface area contributed by atoms with E-state index in [0.29, 0.717) is 6.42 Å². The van der Waals surface area contributed by atoms with Crippen LogP contribution < -0.4 is 11.0 Å². The van der Waals surface area contributed by atoms with Crippen molar-refractivity contribution in [1.29, 1.82) is 0 Å². The minimum Gasteiger partial charge on any atom is -0.449 e. The smallest absolute Gasteiger partial charge is 0.412 e. The zero-order valence-corrected chi connectivity index (χ0v) is 14.0. The van der Waals surface area contributed by atoms with Gasteiger partial charge in [0.15, 0.2) is 17.9 Å². The van der Waals surface area contributed by atoms with Crippen molar-refractivity contribution in [2.24, 2.45) is 0 Å². The third-order valence-corrected chi connectivity index (χ3v) is 3.86. The Morgan fingerprint density at radius 3 is 2.76 bits per heavy atom. The average Bonchev–Trinajstić information content (AvgIpc) is 2.82. The lowest BCUT2D eigenvalue weighted by atomic mass is 10.1. The van der Waals surface area contributed by atoms with Crippen LogP contribution >= 0.6 is 0 Å². The minimum atomic E-state index is -1.41. The number of rotatable bonds is 6. The van der Waals surface area contributed by atoms with Gasteiger partial charge in [0, 0.05) is 0 Å². The summed E-state index contributed by atoms with van der Waals surface area (Å²) < 4.78 is 24.9. The molecule has 1 aliphatic rings. The van der Waals surface area contributed by atoms with E-state index >= 15 is 0 Å². The van der Waals surface area contributed by atoms with Crippen LogP contribution in [0.15, 0.2) is 11.0 Å². The Hall–Kier alpha value is -2.04. The van der Waals surface area contributed by atoms with Gasteiger partial charge in [0.1, 0.15) is 12.2 Å². The standard InChI is InChI=1S/C15H22FN3O6/c1-3-4-5-6-24-15(23)18-12-9(16)7-19(14(22)17-12)13-11(21)10(20)8(2)25-13/h7-8,10-11,13,20-21H,3-6H2,1-2H3,(H,17,18,22,23)/t8-,10?,11?,13-/m1/s1. The zero-order valence-electron chi connectivity index (χ0n) is 14.0. The number of nitrogens with one attached hydrogen (secondary N) is 1. The summed E-state index contributed by atoms with van der Waals surface area (Å²) in [5, 5.41) is 21.6. The van der Waals surface area contributed by atoms with Crippen LogP contribution in [0.2, 0.25) is 0 Å². The Balaban J connectivity index is 2.07. The summed E-state index contributed by atoms with van der Waals surface area (Å²) in [6.07, 6.45) is -2.25. The first-order valence-electron chi connectivity index (χ1n) is 8.09. The van der Waals surface area contributed by atoms with E-state index in [9.17, 15) is 24.2 Å².